The molecular formula is C12H12ClN2O5-. The Bertz CT molecular complexity index is 559. The van der Waals surface area contributed by atoms with Gasteiger partial charge in [-0.1, -0.05) is 25.4 Å². The fraction of sp³-hybridized carbons (Fsp3) is 0.333. The van der Waals surface area contributed by atoms with Crippen molar-refractivity contribution in [2.24, 2.45) is 5.92 Å². The molecule has 0 radical (unpaired) electrons. The van der Waals surface area contributed by atoms with E-state index in [1.807, 2.05) is 0 Å². The zero-order chi connectivity index (χ0) is 15.4. The molecule has 1 amide bonds. The Morgan fingerprint density at radius 1 is 1.35 bits per heavy atom. The van der Waals surface area contributed by atoms with Crippen molar-refractivity contribution in [2.75, 3.05) is 0 Å². The molecule has 1 atom stereocenters. The van der Waals surface area contributed by atoms with E-state index in [1.165, 1.54) is 6.07 Å². The normalized spacial score (nSPS) is 12.0. The first-order valence-electron chi connectivity index (χ1n) is 5.69. The van der Waals surface area contributed by atoms with Crippen molar-refractivity contribution in [1.29, 1.82) is 0 Å². The lowest BCUT2D eigenvalue weighted by Crippen LogP contribution is -2.50. The summed E-state index contributed by atoms with van der Waals surface area (Å²) in [5.74, 6) is -2.64. The predicted octanol–water partition coefficient (Wildman–Crippen LogP) is 0.752. The van der Waals surface area contributed by atoms with Crippen LogP contribution in [0.4, 0.5) is 5.69 Å². The summed E-state index contributed by atoms with van der Waals surface area (Å²) in [6.07, 6.45) is 0. The first-order chi connectivity index (χ1) is 9.23. The summed E-state index contributed by atoms with van der Waals surface area (Å²) >= 11 is 5.79. The Balaban J connectivity index is 3.05. The highest BCUT2D eigenvalue weighted by Gasteiger charge is 2.21. The number of carbonyl (C=O) groups excluding carboxylic acids is 2. The van der Waals surface area contributed by atoms with Crippen molar-refractivity contribution >= 4 is 29.2 Å². The standard InChI is InChI=1S/C12H13ClN2O5/c1-6(2)10(12(17)18)14-11(16)8-5-7(15(19)20)3-4-9(8)13/h3-6,10H,1-2H3,(H,14,16)(H,17,18)/p-1/t10-/m0/s1. The lowest BCUT2D eigenvalue weighted by atomic mass is 10.0. The van der Waals surface area contributed by atoms with Crippen molar-refractivity contribution in [3.05, 3.63) is 38.9 Å². The average molecular weight is 300 g/mol. The molecule has 1 rings (SSSR count). The van der Waals surface area contributed by atoms with Crippen LogP contribution >= 0.6 is 11.6 Å². The van der Waals surface area contributed by atoms with Gasteiger partial charge in [-0.2, -0.15) is 0 Å². The Morgan fingerprint density at radius 2 is 1.95 bits per heavy atom. The number of carbonyl (C=O) groups is 2. The highest BCUT2D eigenvalue weighted by Crippen LogP contribution is 2.22. The molecule has 108 valence electrons. The van der Waals surface area contributed by atoms with E-state index >= 15 is 0 Å². The maximum Gasteiger partial charge on any atom is 0.270 e. The highest BCUT2D eigenvalue weighted by atomic mass is 35.5. The van der Waals surface area contributed by atoms with E-state index in [9.17, 15) is 24.8 Å². The predicted molar refractivity (Wildman–Crippen MR) is 69.2 cm³/mol. The molecule has 0 unspecified atom stereocenters. The lowest BCUT2D eigenvalue weighted by molar-refractivity contribution is -0.384. The third-order valence-corrected chi connectivity index (χ3v) is 2.94. The van der Waals surface area contributed by atoms with Crippen molar-refractivity contribution in [1.82, 2.24) is 5.32 Å². The minimum atomic E-state index is -1.44. The molecular weight excluding hydrogens is 288 g/mol. The fourth-order valence-corrected chi connectivity index (χ4v) is 1.72. The van der Waals surface area contributed by atoms with Crippen molar-refractivity contribution in [3.8, 4) is 0 Å². The Labute approximate surface area is 119 Å². The number of nitro groups is 1. The van der Waals surface area contributed by atoms with Gasteiger partial charge in [0.25, 0.3) is 11.6 Å². The summed E-state index contributed by atoms with van der Waals surface area (Å²) in [6.45, 7) is 3.19. The summed E-state index contributed by atoms with van der Waals surface area (Å²) < 4.78 is 0. The zero-order valence-corrected chi connectivity index (χ0v) is 11.5. The number of halogens is 1. The summed E-state index contributed by atoms with van der Waals surface area (Å²) in [6, 6.07) is 2.14. The zero-order valence-electron chi connectivity index (χ0n) is 10.8. The number of hydrogen-bond acceptors (Lipinski definition) is 5. The SMILES string of the molecule is CC(C)[C@H](NC(=O)c1cc([N+](=O)[O-])ccc1Cl)C(=O)[O-]. The smallest absolute Gasteiger partial charge is 0.270 e. The van der Waals surface area contributed by atoms with Crippen LogP contribution in [0.25, 0.3) is 0 Å². The molecule has 0 aromatic heterocycles. The number of amides is 1. The van der Waals surface area contributed by atoms with Gasteiger partial charge in [-0.3, -0.25) is 14.9 Å². The molecule has 0 bridgehead atoms. The first kappa shape index (κ1) is 15.9. The molecule has 0 saturated heterocycles. The number of carboxylic acids is 1. The maximum absolute atomic E-state index is 12.0. The molecule has 1 aromatic rings. The number of non-ortho nitro benzene ring substituents is 1. The number of aliphatic carboxylic acids is 1. The molecule has 8 heteroatoms. The second kappa shape index (κ2) is 6.33. The van der Waals surface area contributed by atoms with Crippen LogP contribution in [0.1, 0.15) is 24.2 Å². The van der Waals surface area contributed by atoms with Gasteiger partial charge in [0.15, 0.2) is 0 Å². The molecule has 1 N–H and O–H groups in total. The molecule has 0 aliphatic rings. The minimum Gasteiger partial charge on any atom is -0.548 e. The third kappa shape index (κ3) is 3.67. The highest BCUT2D eigenvalue weighted by molar-refractivity contribution is 6.34. The first-order valence-corrected chi connectivity index (χ1v) is 6.07. The number of nitrogens with zero attached hydrogens (tertiary/aromatic N) is 1. The van der Waals surface area contributed by atoms with Gasteiger partial charge in [-0.15, -0.1) is 0 Å². The fourth-order valence-electron chi connectivity index (χ4n) is 1.52. The Hall–Kier alpha value is -2.15. The van der Waals surface area contributed by atoms with Crippen LogP contribution in [-0.4, -0.2) is 22.8 Å². The number of benzene rings is 1. The number of nitrogens with one attached hydrogen (secondary N) is 1. The van der Waals surface area contributed by atoms with Gasteiger partial charge in [0.1, 0.15) is 0 Å². The number of rotatable bonds is 5. The van der Waals surface area contributed by atoms with Gasteiger partial charge in [0.2, 0.25) is 0 Å². The van der Waals surface area contributed by atoms with Crippen molar-refractivity contribution < 1.29 is 19.6 Å². The summed E-state index contributed by atoms with van der Waals surface area (Å²) in [4.78, 5) is 32.8. The van der Waals surface area contributed by atoms with E-state index in [0.29, 0.717) is 0 Å². The van der Waals surface area contributed by atoms with Crippen molar-refractivity contribution in [3.63, 3.8) is 0 Å². The van der Waals surface area contributed by atoms with Gasteiger partial charge in [0.05, 0.1) is 27.5 Å². The molecule has 7 nitrogen and oxygen atoms in total. The molecule has 0 spiro atoms. The molecule has 1 aromatic carbocycles. The van der Waals surface area contributed by atoms with Crippen LogP contribution in [0, 0.1) is 16.0 Å². The number of carboxylic acid groups (broad SMARTS) is 1. The van der Waals surface area contributed by atoms with Gasteiger partial charge >= 0.3 is 0 Å². The third-order valence-electron chi connectivity index (χ3n) is 2.61. The number of hydrogen-bond donors (Lipinski definition) is 1. The lowest BCUT2D eigenvalue weighted by Gasteiger charge is -2.23. The Morgan fingerprint density at radius 3 is 2.40 bits per heavy atom. The molecule has 0 saturated carbocycles. The average Bonchev–Trinajstić information content (AvgIpc) is 2.34. The van der Waals surface area contributed by atoms with Crippen LogP contribution in [0.3, 0.4) is 0 Å². The molecule has 0 aliphatic carbocycles. The second-order valence-electron chi connectivity index (χ2n) is 4.44. The van der Waals surface area contributed by atoms with E-state index in [2.05, 4.69) is 5.32 Å². The maximum atomic E-state index is 12.0. The summed E-state index contributed by atoms with van der Waals surface area (Å²) in [7, 11) is 0. The van der Waals surface area contributed by atoms with Gasteiger partial charge in [-0.05, 0) is 12.0 Å². The monoisotopic (exact) mass is 299 g/mol. The molecule has 0 aliphatic heterocycles. The van der Waals surface area contributed by atoms with Crippen LogP contribution in [0.15, 0.2) is 18.2 Å². The minimum absolute atomic E-state index is 0.00560. The molecule has 0 heterocycles. The molecule has 20 heavy (non-hydrogen) atoms. The van der Waals surface area contributed by atoms with Crippen molar-refractivity contribution in [2.45, 2.75) is 19.9 Å². The van der Waals surface area contributed by atoms with Gasteiger partial charge < -0.3 is 15.2 Å². The van der Waals surface area contributed by atoms with Gasteiger partial charge in [-0.25, -0.2) is 0 Å². The van der Waals surface area contributed by atoms with Gasteiger partial charge in [0, 0.05) is 12.1 Å². The van der Waals surface area contributed by atoms with Crippen LogP contribution in [-0.2, 0) is 4.79 Å². The van der Waals surface area contributed by atoms with E-state index in [-0.39, 0.29) is 16.3 Å². The van der Waals surface area contributed by atoms with E-state index < -0.39 is 28.8 Å². The van der Waals surface area contributed by atoms with E-state index in [1.54, 1.807) is 13.8 Å². The number of nitro benzene ring substituents is 1. The summed E-state index contributed by atoms with van der Waals surface area (Å²) in [5, 5.41) is 23.8. The van der Waals surface area contributed by atoms with Crippen LogP contribution in [0.2, 0.25) is 5.02 Å². The van der Waals surface area contributed by atoms with Crippen LogP contribution in [0.5, 0.6) is 0 Å². The van der Waals surface area contributed by atoms with E-state index in [4.69, 9.17) is 11.6 Å². The topological polar surface area (TPSA) is 112 Å². The Kier molecular flexibility index (Phi) is 5.04. The summed E-state index contributed by atoms with van der Waals surface area (Å²) in [5.41, 5.74) is -0.470. The van der Waals surface area contributed by atoms with Crippen LogP contribution < -0.4 is 10.4 Å². The molecule has 0 fully saturated rings. The second-order valence-corrected chi connectivity index (χ2v) is 4.84. The quantitative estimate of drug-likeness (QED) is 0.637. The van der Waals surface area contributed by atoms with E-state index in [0.717, 1.165) is 12.1 Å². The largest absolute Gasteiger partial charge is 0.548 e.